The van der Waals surface area contributed by atoms with E-state index in [4.69, 9.17) is 5.10 Å². The fourth-order valence-corrected chi connectivity index (χ4v) is 4.24. The molecule has 0 radical (unpaired) electrons. The van der Waals surface area contributed by atoms with Gasteiger partial charge in [-0.3, -0.25) is 9.69 Å². The van der Waals surface area contributed by atoms with Crippen molar-refractivity contribution in [2.45, 2.75) is 32.2 Å². The van der Waals surface area contributed by atoms with Gasteiger partial charge in [-0.2, -0.15) is 5.10 Å². The van der Waals surface area contributed by atoms with Gasteiger partial charge in [0.2, 0.25) is 0 Å². The third-order valence-corrected chi connectivity index (χ3v) is 6.09. The molecule has 2 aromatic carbocycles. The molecular weight excluding hydrogens is 372 g/mol. The van der Waals surface area contributed by atoms with Gasteiger partial charge in [-0.05, 0) is 43.5 Å². The first kappa shape index (κ1) is 19.1. The smallest absolute Gasteiger partial charge is 0.272 e. The first-order chi connectivity index (χ1) is 14.7. The maximum absolute atomic E-state index is 13.4. The second-order valence-electron chi connectivity index (χ2n) is 8.53. The van der Waals surface area contributed by atoms with Crippen molar-refractivity contribution in [3.8, 4) is 5.69 Å². The number of hydrogen-bond donors (Lipinski definition) is 0. The van der Waals surface area contributed by atoms with Gasteiger partial charge in [-0.1, -0.05) is 48.0 Å². The molecule has 1 amide bonds. The summed E-state index contributed by atoms with van der Waals surface area (Å²) < 4.78 is 1.84. The molecule has 2 heterocycles. The van der Waals surface area contributed by atoms with E-state index in [1.54, 1.807) is 0 Å². The SMILES string of the molecule is Cc1cccc(CN2CCN(C(=O)c3cc(C4CC4)nn3-c3ccccc3)CC2)c1. The zero-order chi connectivity index (χ0) is 20.5. The second-order valence-corrected chi connectivity index (χ2v) is 8.53. The molecule has 2 aliphatic rings. The van der Waals surface area contributed by atoms with E-state index >= 15 is 0 Å². The van der Waals surface area contributed by atoms with E-state index in [1.807, 2.05) is 46.0 Å². The highest BCUT2D eigenvalue weighted by Gasteiger charge is 2.31. The molecule has 0 bridgehead atoms. The maximum atomic E-state index is 13.4. The molecular formula is C25H28N4O. The summed E-state index contributed by atoms with van der Waals surface area (Å²) in [5.41, 5.74) is 5.33. The minimum atomic E-state index is 0.0912. The molecule has 1 saturated heterocycles. The largest absolute Gasteiger partial charge is 0.335 e. The zero-order valence-corrected chi connectivity index (χ0v) is 17.5. The van der Waals surface area contributed by atoms with Gasteiger partial charge < -0.3 is 4.90 Å². The van der Waals surface area contributed by atoms with E-state index in [0.717, 1.165) is 44.1 Å². The van der Waals surface area contributed by atoms with Crippen LogP contribution in [0.25, 0.3) is 5.69 Å². The van der Waals surface area contributed by atoms with Gasteiger partial charge in [0.05, 0.1) is 11.4 Å². The number of carbonyl (C=O) groups is 1. The summed E-state index contributed by atoms with van der Waals surface area (Å²) in [7, 11) is 0. The van der Waals surface area contributed by atoms with Crippen LogP contribution in [0.3, 0.4) is 0 Å². The number of nitrogens with zero attached hydrogens (tertiary/aromatic N) is 4. The molecule has 5 nitrogen and oxygen atoms in total. The third-order valence-electron chi connectivity index (χ3n) is 6.09. The predicted molar refractivity (Wildman–Crippen MR) is 118 cm³/mol. The Hall–Kier alpha value is -2.92. The quantitative estimate of drug-likeness (QED) is 0.650. The number of aryl methyl sites for hydroxylation is 1. The number of rotatable bonds is 5. The van der Waals surface area contributed by atoms with E-state index in [0.29, 0.717) is 11.6 Å². The van der Waals surface area contributed by atoms with Crippen molar-refractivity contribution < 1.29 is 4.79 Å². The number of hydrogen-bond acceptors (Lipinski definition) is 3. The van der Waals surface area contributed by atoms with Crippen LogP contribution in [0.2, 0.25) is 0 Å². The fraction of sp³-hybridized carbons (Fsp3) is 0.360. The van der Waals surface area contributed by atoms with Crippen molar-refractivity contribution in [2.24, 2.45) is 0 Å². The van der Waals surface area contributed by atoms with Crippen molar-refractivity contribution in [3.05, 3.63) is 83.2 Å². The average Bonchev–Trinajstić information content (AvgIpc) is 3.53. The summed E-state index contributed by atoms with van der Waals surface area (Å²) in [4.78, 5) is 17.8. The lowest BCUT2D eigenvalue weighted by molar-refractivity contribution is 0.0619. The molecule has 5 heteroatoms. The van der Waals surface area contributed by atoms with Crippen molar-refractivity contribution >= 4 is 5.91 Å². The normalized spacial score (nSPS) is 17.3. The van der Waals surface area contributed by atoms with Gasteiger partial charge in [0, 0.05) is 38.6 Å². The number of amides is 1. The fourth-order valence-electron chi connectivity index (χ4n) is 4.24. The van der Waals surface area contributed by atoms with Crippen molar-refractivity contribution in [3.63, 3.8) is 0 Å². The third kappa shape index (κ3) is 4.03. The summed E-state index contributed by atoms with van der Waals surface area (Å²) in [6.45, 7) is 6.37. The Morgan fingerprint density at radius 2 is 1.73 bits per heavy atom. The number of aromatic nitrogens is 2. The van der Waals surface area contributed by atoms with Crippen LogP contribution >= 0.6 is 0 Å². The molecule has 1 aliphatic heterocycles. The Labute approximate surface area is 177 Å². The first-order valence-corrected chi connectivity index (χ1v) is 10.9. The molecule has 30 heavy (non-hydrogen) atoms. The molecule has 0 spiro atoms. The van der Waals surface area contributed by atoms with E-state index in [2.05, 4.69) is 36.1 Å². The number of benzene rings is 2. The molecule has 1 aliphatic carbocycles. The van der Waals surface area contributed by atoms with Gasteiger partial charge in [-0.25, -0.2) is 4.68 Å². The standard InChI is InChI=1S/C25H28N4O/c1-19-6-5-7-20(16-19)18-27-12-14-28(15-13-27)25(30)24-17-23(21-10-11-21)26-29(24)22-8-3-2-4-9-22/h2-9,16-17,21H,10-15,18H2,1H3. The van der Waals surface area contributed by atoms with E-state index in [-0.39, 0.29) is 5.91 Å². The van der Waals surface area contributed by atoms with Crippen LogP contribution in [0.15, 0.2) is 60.7 Å². The van der Waals surface area contributed by atoms with Crippen LogP contribution in [0.4, 0.5) is 0 Å². The molecule has 3 aromatic rings. The van der Waals surface area contributed by atoms with Crippen LogP contribution in [0.5, 0.6) is 0 Å². The Bertz CT molecular complexity index is 1030. The van der Waals surface area contributed by atoms with Crippen LogP contribution in [0, 0.1) is 6.92 Å². The topological polar surface area (TPSA) is 41.4 Å². The Kier molecular flexibility index (Phi) is 5.13. The summed E-state index contributed by atoms with van der Waals surface area (Å²) in [5, 5.41) is 4.80. The summed E-state index contributed by atoms with van der Waals surface area (Å²) in [6, 6.07) is 20.7. The van der Waals surface area contributed by atoms with Crippen molar-refractivity contribution in [1.82, 2.24) is 19.6 Å². The van der Waals surface area contributed by atoms with Gasteiger partial charge >= 0.3 is 0 Å². The molecule has 1 saturated carbocycles. The average molecular weight is 401 g/mol. The molecule has 0 unspecified atom stereocenters. The van der Waals surface area contributed by atoms with Gasteiger partial charge in [0.1, 0.15) is 5.69 Å². The molecule has 1 aromatic heterocycles. The Morgan fingerprint density at radius 1 is 0.967 bits per heavy atom. The molecule has 5 rings (SSSR count). The van der Waals surface area contributed by atoms with Crippen molar-refractivity contribution in [2.75, 3.05) is 26.2 Å². The van der Waals surface area contributed by atoms with Gasteiger partial charge in [0.15, 0.2) is 0 Å². The van der Waals surface area contributed by atoms with Crippen molar-refractivity contribution in [1.29, 1.82) is 0 Å². The highest BCUT2D eigenvalue weighted by Crippen LogP contribution is 2.39. The van der Waals surface area contributed by atoms with E-state index < -0.39 is 0 Å². The lowest BCUT2D eigenvalue weighted by atomic mass is 10.1. The lowest BCUT2D eigenvalue weighted by Gasteiger charge is -2.34. The van der Waals surface area contributed by atoms with Gasteiger partial charge in [0.25, 0.3) is 5.91 Å². The number of para-hydroxylation sites is 1. The highest BCUT2D eigenvalue weighted by atomic mass is 16.2. The minimum absolute atomic E-state index is 0.0912. The molecule has 0 atom stereocenters. The lowest BCUT2D eigenvalue weighted by Crippen LogP contribution is -2.48. The van der Waals surface area contributed by atoms with Gasteiger partial charge in [-0.15, -0.1) is 0 Å². The molecule has 0 N–H and O–H groups in total. The number of carbonyl (C=O) groups excluding carboxylic acids is 1. The zero-order valence-electron chi connectivity index (χ0n) is 17.5. The van der Waals surface area contributed by atoms with Crippen LogP contribution in [0.1, 0.15) is 46.1 Å². The minimum Gasteiger partial charge on any atom is -0.335 e. The highest BCUT2D eigenvalue weighted by molar-refractivity contribution is 5.93. The van der Waals surface area contributed by atoms with Crippen LogP contribution in [-0.4, -0.2) is 51.7 Å². The maximum Gasteiger partial charge on any atom is 0.272 e. The number of piperazine rings is 1. The molecule has 154 valence electrons. The monoisotopic (exact) mass is 400 g/mol. The Balaban J connectivity index is 1.30. The summed E-state index contributed by atoms with van der Waals surface area (Å²) >= 11 is 0. The van der Waals surface area contributed by atoms with Crippen LogP contribution in [-0.2, 0) is 6.54 Å². The first-order valence-electron chi connectivity index (χ1n) is 10.9. The summed E-state index contributed by atoms with van der Waals surface area (Å²) in [6.07, 6.45) is 2.36. The second kappa shape index (κ2) is 8.07. The van der Waals surface area contributed by atoms with Crippen LogP contribution < -0.4 is 0 Å². The van der Waals surface area contributed by atoms with E-state index in [9.17, 15) is 4.79 Å². The Morgan fingerprint density at radius 3 is 2.43 bits per heavy atom. The van der Waals surface area contributed by atoms with E-state index in [1.165, 1.54) is 24.0 Å². The summed E-state index contributed by atoms with van der Waals surface area (Å²) in [5.74, 6) is 0.612. The molecule has 2 fully saturated rings. The predicted octanol–water partition coefficient (Wildman–Crippen LogP) is 4.02.